The summed E-state index contributed by atoms with van der Waals surface area (Å²) >= 11 is 3.44. The van der Waals surface area contributed by atoms with Crippen molar-refractivity contribution in [2.45, 2.75) is 44.6 Å². The Kier molecular flexibility index (Phi) is 5.27. The first-order valence-corrected chi connectivity index (χ1v) is 8.70. The fraction of sp³-hybridized carbons (Fsp3) is 0.412. The van der Waals surface area contributed by atoms with Crippen molar-refractivity contribution in [3.05, 3.63) is 41.1 Å². The molecule has 4 nitrogen and oxygen atoms in total. The van der Waals surface area contributed by atoms with Gasteiger partial charge in [-0.15, -0.1) is 0 Å². The third-order valence-corrected chi connectivity index (χ3v) is 4.52. The molecule has 1 aromatic heterocycles. The van der Waals surface area contributed by atoms with Gasteiger partial charge in [0, 0.05) is 22.3 Å². The number of aromatic nitrogens is 2. The summed E-state index contributed by atoms with van der Waals surface area (Å²) < 4.78 is 1.07. The average Bonchev–Trinajstić information content (AvgIpc) is 2.79. The number of nitrogens with zero attached hydrogens (tertiary/aromatic N) is 2. The summed E-state index contributed by atoms with van der Waals surface area (Å²) in [6.45, 7) is 0. The van der Waals surface area contributed by atoms with Crippen LogP contribution in [0.2, 0.25) is 0 Å². The first-order chi connectivity index (χ1) is 10.8. The fourth-order valence-electron chi connectivity index (χ4n) is 2.82. The third-order valence-electron chi connectivity index (χ3n) is 3.99. The monoisotopic (exact) mass is 360 g/mol. The molecule has 0 radical (unpaired) electrons. The van der Waals surface area contributed by atoms with Crippen LogP contribution in [-0.4, -0.2) is 16.0 Å². The van der Waals surface area contributed by atoms with E-state index in [4.69, 9.17) is 0 Å². The molecule has 22 heavy (non-hydrogen) atoms. The van der Waals surface area contributed by atoms with E-state index in [1.165, 1.54) is 38.5 Å². The highest BCUT2D eigenvalue weighted by atomic mass is 79.9. The largest absolute Gasteiger partial charge is 0.367 e. The maximum absolute atomic E-state index is 4.35. The fourth-order valence-corrected chi connectivity index (χ4v) is 3.08. The standard InChI is InChI=1S/C17H21BrN4/c18-13-7-9-15(10-8-13)22-17-11-16(19-12-20-17)21-14-5-3-1-2-4-6-14/h7-12,14H,1-6H2,(H2,19,20,21,22). The van der Waals surface area contributed by atoms with Gasteiger partial charge in [0.2, 0.25) is 0 Å². The normalized spacial score (nSPS) is 16.0. The zero-order valence-corrected chi connectivity index (χ0v) is 14.1. The molecule has 0 unspecified atom stereocenters. The minimum absolute atomic E-state index is 0.540. The highest BCUT2D eigenvalue weighted by Crippen LogP contribution is 2.22. The first-order valence-electron chi connectivity index (χ1n) is 7.91. The van der Waals surface area contributed by atoms with Crippen LogP contribution >= 0.6 is 15.9 Å². The maximum atomic E-state index is 4.35. The van der Waals surface area contributed by atoms with Gasteiger partial charge in [-0.3, -0.25) is 0 Å². The SMILES string of the molecule is Brc1ccc(Nc2cc(NC3CCCCCC3)ncn2)cc1. The van der Waals surface area contributed by atoms with E-state index in [0.717, 1.165) is 21.8 Å². The number of benzene rings is 1. The Hall–Kier alpha value is -1.62. The molecule has 0 atom stereocenters. The quantitative estimate of drug-likeness (QED) is 0.743. The topological polar surface area (TPSA) is 49.8 Å². The molecule has 0 spiro atoms. The summed E-state index contributed by atoms with van der Waals surface area (Å²) in [6, 6.07) is 10.6. The number of hydrogen-bond donors (Lipinski definition) is 2. The second kappa shape index (κ2) is 7.58. The summed E-state index contributed by atoms with van der Waals surface area (Å²) in [5.74, 6) is 1.72. The predicted octanol–water partition coefficient (Wildman–Crippen LogP) is 5.12. The van der Waals surface area contributed by atoms with Crippen molar-refractivity contribution in [2.75, 3.05) is 10.6 Å². The van der Waals surface area contributed by atoms with Gasteiger partial charge in [0.1, 0.15) is 18.0 Å². The first kappa shape index (κ1) is 15.3. The summed E-state index contributed by atoms with van der Waals surface area (Å²) in [5.41, 5.74) is 1.02. The zero-order chi connectivity index (χ0) is 15.2. The molecule has 0 saturated heterocycles. The smallest absolute Gasteiger partial charge is 0.135 e. The van der Waals surface area contributed by atoms with Crippen LogP contribution in [0.5, 0.6) is 0 Å². The molecule has 1 aliphatic rings. The van der Waals surface area contributed by atoms with Gasteiger partial charge in [0.15, 0.2) is 0 Å². The lowest BCUT2D eigenvalue weighted by Crippen LogP contribution is -2.19. The summed E-state index contributed by atoms with van der Waals surface area (Å²) in [6.07, 6.45) is 9.43. The number of halogens is 1. The molecule has 1 aliphatic carbocycles. The summed E-state index contributed by atoms with van der Waals surface area (Å²) in [5, 5.41) is 6.87. The predicted molar refractivity (Wildman–Crippen MR) is 94.6 cm³/mol. The van der Waals surface area contributed by atoms with Crippen LogP contribution in [0.15, 0.2) is 41.1 Å². The number of rotatable bonds is 4. The van der Waals surface area contributed by atoms with Crippen LogP contribution in [0.3, 0.4) is 0 Å². The third kappa shape index (κ3) is 4.44. The Morgan fingerprint density at radius 1 is 0.909 bits per heavy atom. The van der Waals surface area contributed by atoms with Gasteiger partial charge in [-0.25, -0.2) is 9.97 Å². The van der Waals surface area contributed by atoms with Crippen LogP contribution in [0.4, 0.5) is 17.3 Å². The molecule has 0 amide bonds. The number of hydrogen-bond acceptors (Lipinski definition) is 4. The van der Waals surface area contributed by atoms with Gasteiger partial charge >= 0.3 is 0 Å². The number of anilines is 3. The molecule has 1 aromatic carbocycles. The second-order valence-electron chi connectivity index (χ2n) is 5.75. The molecule has 116 valence electrons. The lowest BCUT2D eigenvalue weighted by atomic mass is 10.1. The van der Waals surface area contributed by atoms with Crippen molar-refractivity contribution >= 4 is 33.3 Å². The van der Waals surface area contributed by atoms with Gasteiger partial charge in [-0.05, 0) is 37.1 Å². The molecule has 2 N–H and O–H groups in total. The Labute approximate surface area is 139 Å². The molecule has 0 aliphatic heterocycles. The highest BCUT2D eigenvalue weighted by Gasteiger charge is 2.12. The molecule has 1 fully saturated rings. The Morgan fingerprint density at radius 3 is 2.32 bits per heavy atom. The maximum Gasteiger partial charge on any atom is 0.135 e. The minimum Gasteiger partial charge on any atom is -0.367 e. The molecular formula is C17H21BrN4. The molecule has 1 heterocycles. The van der Waals surface area contributed by atoms with E-state index >= 15 is 0 Å². The molecule has 0 bridgehead atoms. The lowest BCUT2D eigenvalue weighted by molar-refractivity contribution is 0.617. The minimum atomic E-state index is 0.540. The molecule has 2 aromatic rings. The van der Waals surface area contributed by atoms with Crippen LogP contribution in [0.1, 0.15) is 38.5 Å². The van der Waals surface area contributed by atoms with Crippen molar-refractivity contribution in [2.24, 2.45) is 0 Å². The zero-order valence-electron chi connectivity index (χ0n) is 12.6. The van der Waals surface area contributed by atoms with Crippen LogP contribution in [0.25, 0.3) is 0 Å². The van der Waals surface area contributed by atoms with E-state index in [1.54, 1.807) is 6.33 Å². The Morgan fingerprint density at radius 2 is 1.59 bits per heavy atom. The Balaban J connectivity index is 1.65. The molecule has 5 heteroatoms. The number of nitrogens with one attached hydrogen (secondary N) is 2. The van der Waals surface area contributed by atoms with Crippen molar-refractivity contribution in [1.29, 1.82) is 0 Å². The van der Waals surface area contributed by atoms with Crippen molar-refractivity contribution in [3.63, 3.8) is 0 Å². The highest BCUT2D eigenvalue weighted by molar-refractivity contribution is 9.10. The summed E-state index contributed by atoms with van der Waals surface area (Å²) in [4.78, 5) is 8.64. The second-order valence-corrected chi connectivity index (χ2v) is 6.67. The van der Waals surface area contributed by atoms with E-state index in [1.807, 2.05) is 30.3 Å². The van der Waals surface area contributed by atoms with E-state index < -0.39 is 0 Å². The summed E-state index contributed by atoms with van der Waals surface area (Å²) in [7, 11) is 0. The molecule has 3 rings (SSSR count). The van der Waals surface area contributed by atoms with E-state index in [2.05, 4.69) is 36.5 Å². The molecular weight excluding hydrogens is 340 g/mol. The lowest BCUT2D eigenvalue weighted by Gasteiger charge is -2.17. The van der Waals surface area contributed by atoms with Crippen LogP contribution in [0, 0.1) is 0 Å². The van der Waals surface area contributed by atoms with Gasteiger partial charge in [-0.1, -0.05) is 41.6 Å². The van der Waals surface area contributed by atoms with E-state index in [0.29, 0.717) is 6.04 Å². The molecule has 1 saturated carbocycles. The van der Waals surface area contributed by atoms with Gasteiger partial charge < -0.3 is 10.6 Å². The van der Waals surface area contributed by atoms with Crippen LogP contribution in [-0.2, 0) is 0 Å². The van der Waals surface area contributed by atoms with Crippen LogP contribution < -0.4 is 10.6 Å². The van der Waals surface area contributed by atoms with E-state index in [9.17, 15) is 0 Å². The van der Waals surface area contributed by atoms with Gasteiger partial charge in [0.05, 0.1) is 0 Å². The average molecular weight is 361 g/mol. The van der Waals surface area contributed by atoms with Crippen molar-refractivity contribution in [3.8, 4) is 0 Å². The van der Waals surface area contributed by atoms with Gasteiger partial charge in [-0.2, -0.15) is 0 Å². The van der Waals surface area contributed by atoms with Gasteiger partial charge in [0.25, 0.3) is 0 Å². The van der Waals surface area contributed by atoms with E-state index in [-0.39, 0.29) is 0 Å². The van der Waals surface area contributed by atoms with Crippen molar-refractivity contribution in [1.82, 2.24) is 9.97 Å². The Bertz CT molecular complexity index is 592. The van der Waals surface area contributed by atoms with Crippen molar-refractivity contribution < 1.29 is 0 Å².